The van der Waals surface area contributed by atoms with Gasteiger partial charge in [0.15, 0.2) is 0 Å². The second kappa shape index (κ2) is 2.74. The van der Waals surface area contributed by atoms with Gasteiger partial charge >= 0.3 is 0 Å². The third-order valence-corrected chi connectivity index (χ3v) is 1.89. The van der Waals surface area contributed by atoms with Crippen LogP contribution >= 0.6 is 0 Å². The number of amides is 1. The predicted molar refractivity (Wildman–Crippen MR) is 39.2 cm³/mol. The first-order chi connectivity index (χ1) is 4.75. The molecule has 1 saturated heterocycles. The number of carbonyl (C=O) groups is 1. The Morgan fingerprint density at radius 2 is 2.60 bits per heavy atom. The molecule has 1 aliphatic rings. The van der Waals surface area contributed by atoms with Crippen LogP contribution in [0, 0.1) is 12.3 Å². The summed E-state index contributed by atoms with van der Waals surface area (Å²) in [6.45, 7) is 2.50. The van der Waals surface area contributed by atoms with E-state index < -0.39 is 0 Å². The lowest BCUT2D eigenvalue weighted by Crippen LogP contribution is -2.30. The van der Waals surface area contributed by atoms with Crippen LogP contribution in [0.5, 0.6) is 0 Å². The topological polar surface area (TPSA) is 20.3 Å². The monoisotopic (exact) mass is 137 g/mol. The summed E-state index contributed by atoms with van der Waals surface area (Å²) in [5, 5.41) is 0. The van der Waals surface area contributed by atoms with Crippen LogP contribution in [-0.4, -0.2) is 23.4 Å². The van der Waals surface area contributed by atoms with Crippen molar-refractivity contribution in [2.24, 2.45) is 0 Å². The molecule has 54 valence electrons. The van der Waals surface area contributed by atoms with E-state index in [0.717, 1.165) is 6.42 Å². The van der Waals surface area contributed by atoms with E-state index in [1.807, 2.05) is 6.92 Å². The second-order valence-corrected chi connectivity index (χ2v) is 2.61. The summed E-state index contributed by atoms with van der Waals surface area (Å²) < 4.78 is 0. The molecular weight excluding hydrogens is 126 g/mol. The minimum Gasteiger partial charge on any atom is -0.329 e. The number of likely N-dealkylation sites (tertiary alicyclic amines) is 1. The third kappa shape index (κ3) is 1.13. The minimum absolute atomic E-state index is 0.199. The summed E-state index contributed by atoms with van der Waals surface area (Å²) in [6, 6.07) is 0.351. The average molecular weight is 137 g/mol. The zero-order chi connectivity index (χ0) is 7.56. The molecule has 2 heteroatoms. The highest BCUT2D eigenvalue weighted by Crippen LogP contribution is 2.16. The van der Waals surface area contributed by atoms with E-state index in [2.05, 4.69) is 5.92 Å². The van der Waals surface area contributed by atoms with Crippen LogP contribution in [0.15, 0.2) is 0 Å². The molecule has 0 unspecified atom stereocenters. The van der Waals surface area contributed by atoms with E-state index >= 15 is 0 Å². The highest BCUT2D eigenvalue weighted by molar-refractivity contribution is 5.78. The van der Waals surface area contributed by atoms with Crippen LogP contribution in [0.2, 0.25) is 0 Å². The minimum atomic E-state index is 0.199. The van der Waals surface area contributed by atoms with E-state index in [1.54, 1.807) is 4.90 Å². The molecule has 0 aliphatic carbocycles. The molecule has 1 heterocycles. The van der Waals surface area contributed by atoms with Crippen molar-refractivity contribution in [2.45, 2.75) is 25.8 Å². The van der Waals surface area contributed by atoms with Gasteiger partial charge in [-0.15, -0.1) is 6.42 Å². The molecule has 0 bridgehead atoms. The summed E-state index contributed by atoms with van der Waals surface area (Å²) in [4.78, 5) is 12.8. The lowest BCUT2D eigenvalue weighted by Gasteiger charge is -2.17. The molecule has 0 saturated carbocycles. The second-order valence-electron chi connectivity index (χ2n) is 2.61. The van der Waals surface area contributed by atoms with Crippen LogP contribution in [-0.2, 0) is 4.79 Å². The Morgan fingerprint density at radius 1 is 1.90 bits per heavy atom. The van der Waals surface area contributed by atoms with Crippen LogP contribution in [0.25, 0.3) is 0 Å². The maximum absolute atomic E-state index is 11.0. The molecule has 0 aromatic rings. The third-order valence-electron chi connectivity index (χ3n) is 1.89. The van der Waals surface area contributed by atoms with E-state index in [-0.39, 0.29) is 5.91 Å². The van der Waals surface area contributed by atoms with Gasteiger partial charge in [-0.1, -0.05) is 5.92 Å². The van der Waals surface area contributed by atoms with Gasteiger partial charge in [0.05, 0.1) is 6.54 Å². The summed E-state index contributed by atoms with van der Waals surface area (Å²) in [5.41, 5.74) is 0. The predicted octanol–water partition coefficient (Wildman–Crippen LogP) is 0.630. The van der Waals surface area contributed by atoms with E-state index in [9.17, 15) is 4.79 Å². The van der Waals surface area contributed by atoms with E-state index in [1.165, 1.54) is 0 Å². The number of nitrogens with zero attached hydrogens (tertiary/aromatic N) is 1. The van der Waals surface area contributed by atoms with Gasteiger partial charge in [0.25, 0.3) is 0 Å². The smallest absolute Gasteiger partial charge is 0.223 e. The largest absolute Gasteiger partial charge is 0.329 e. The van der Waals surface area contributed by atoms with Crippen molar-refractivity contribution in [3.63, 3.8) is 0 Å². The van der Waals surface area contributed by atoms with Gasteiger partial charge in [0.1, 0.15) is 0 Å². The molecule has 0 N–H and O–H groups in total. The van der Waals surface area contributed by atoms with Crippen LogP contribution in [0.3, 0.4) is 0 Å². The zero-order valence-electron chi connectivity index (χ0n) is 6.13. The van der Waals surface area contributed by atoms with Gasteiger partial charge in [0, 0.05) is 12.5 Å². The van der Waals surface area contributed by atoms with Crippen molar-refractivity contribution in [1.29, 1.82) is 0 Å². The lowest BCUT2D eigenvalue weighted by atomic mass is 10.2. The van der Waals surface area contributed by atoms with E-state index in [0.29, 0.717) is 19.0 Å². The zero-order valence-corrected chi connectivity index (χ0v) is 6.13. The fraction of sp³-hybridized carbons (Fsp3) is 0.625. The molecule has 1 amide bonds. The summed E-state index contributed by atoms with van der Waals surface area (Å²) in [7, 11) is 0. The molecule has 0 spiro atoms. The molecular formula is C8H11NO. The molecule has 1 atom stereocenters. The van der Waals surface area contributed by atoms with Gasteiger partial charge in [-0.2, -0.15) is 0 Å². The number of carbonyl (C=O) groups excluding carboxylic acids is 1. The average Bonchev–Trinajstić information content (AvgIpc) is 2.20. The molecule has 0 aromatic carbocycles. The Bertz CT molecular complexity index is 180. The van der Waals surface area contributed by atoms with Gasteiger partial charge in [-0.3, -0.25) is 4.79 Å². The van der Waals surface area contributed by atoms with Crippen molar-refractivity contribution in [3.8, 4) is 12.3 Å². The molecule has 2 nitrogen and oxygen atoms in total. The van der Waals surface area contributed by atoms with Crippen molar-refractivity contribution in [3.05, 3.63) is 0 Å². The molecule has 1 fully saturated rings. The number of hydrogen-bond acceptors (Lipinski definition) is 1. The van der Waals surface area contributed by atoms with Crippen LogP contribution < -0.4 is 0 Å². The normalized spacial score (nSPS) is 25.0. The molecule has 1 rings (SSSR count). The number of terminal acetylenes is 1. The Morgan fingerprint density at radius 3 is 3.00 bits per heavy atom. The SMILES string of the molecule is C#CCN1C(=O)CC[C@H]1C. The molecule has 1 aliphatic heterocycles. The van der Waals surface area contributed by atoms with Gasteiger partial charge < -0.3 is 4.90 Å². The molecule has 0 radical (unpaired) electrons. The highest BCUT2D eigenvalue weighted by atomic mass is 16.2. The number of rotatable bonds is 1. The standard InChI is InChI=1S/C8H11NO/c1-3-6-9-7(2)4-5-8(9)10/h1,7H,4-6H2,2H3/t7-/m1/s1. The van der Waals surface area contributed by atoms with Crippen molar-refractivity contribution in [2.75, 3.05) is 6.54 Å². The quantitative estimate of drug-likeness (QED) is 0.485. The van der Waals surface area contributed by atoms with E-state index in [4.69, 9.17) is 6.42 Å². The first kappa shape index (κ1) is 7.14. The lowest BCUT2D eigenvalue weighted by molar-refractivity contribution is -0.128. The van der Waals surface area contributed by atoms with Crippen molar-refractivity contribution >= 4 is 5.91 Å². The van der Waals surface area contributed by atoms with Gasteiger partial charge in [-0.05, 0) is 13.3 Å². The Hall–Kier alpha value is -0.970. The number of hydrogen-bond donors (Lipinski definition) is 0. The maximum Gasteiger partial charge on any atom is 0.223 e. The first-order valence-corrected chi connectivity index (χ1v) is 3.48. The maximum atomic E-state index is 11.0. The fourth-order valence-corrected chi connectivity index (χ4v) is 1.22. The Balaban J connectivity index is 2.56. The van der Waals surface area contributed by atoms with Crippen molar-refractivity contribution < 1.29 is 4.79 Å². The van der Waals surface area contributed by atoms with Crippen molar-refractivity contribution in [1.82, 2.24) is 4.90 Å². The first-order valence-electron chi connectivity index (χ1n) is 3.48. The summed E-state index contributed by atoms with van der Waals surface area (Å²) in [6.07, 6.45) is 6.72. The highest BCUT2D eigenvalue weighted by Gasteiger charge is 2.25. The summed E-state index contributed by atoms with van der Waals surface area (Å²) in [5.74, 6) is 2.68. The Labute approximate surface area is 61.2 Å². The van der Waals surface area contributed by atoms with Gasteiger partial charge in [0.2, 0.25) is 5.91 Å². The Kier molecular flexibility index (Phi) is 1.96. The molecule has 0 aromatic heterocycles. The fourth-order valence-electron chi connectivity index (χ4n) is 1.22. The summed E-state index contributed by atoms with van der Waals surface area (Å²) >= 11 is 0. The van der Waals surface area contributed by atoms with Crippen LogP contribution in [0.4, 0.5) is 0 Å². The van der Waals surface area contributed by atoms with Gasteiger partial charge in [-0.25, -0.2) is 0 Å². The van der Waals surface area contributed by atoms with Crippen LogP contribution in [0.1, 0.15) is 19.8 Å². The molecule has 10 heavy (non-hydrogen) atoms.